The molecule has 0 aliphatic carbocycles. The van der Waals surface area contributed by atoms with E-state index in [-0.39, 0.29) is 5.97 Å². The van der Waals surface area contributed by atoms with Crippen molar-refractivity contribution >= 4 is 5.97 Å². The Balaban J connectivity index is 2.39. The third-order valence-electron chi connectivity index (χ3n) is 4.37. The normalized spacial score (nSPS) is 27.1. The van der Waals surface area contributed by atoms with Crippen LogP contribution >= 0.6 is 0 Å². The van der Waals surface area contributed by atoms with Crippen LogP contribution in [-0.2, 0) is 9.53 Å². The van der Waals surface area contributed by atoms with Gasteiger partial charge in [-0.15, -0.1) is 0 Å². The number of rotatable bonds is 7. The first-order valence-electron chi connectivity index (χ1n) is 7.99. The molecule has 3 unspecified atom stereocenters. The number of esters is 1. The molecule has 0 saturated carbocycles. The van der Waals surface area contributed by atoms with Gasteiger partial charge in [0.15, 0.2) is 0 Å². The van der Waals surface area contributed by atoms with Crippen LogP contribution in [0.3, 0.4) is 0 Å². The summed E-state index contributed by atoms with van der Waals surface area (Å²) in [5.74, 6) is 1.45. The minimum absolute atomic E-state index is 0.136. The van der Waals surface area contributed by atoms with Crippen LogP contribution in [-0.4, -0.2) is 49.7 Å². The van der Waals surface area contributed by atoms with Gasteiger partial charge < -0.3 is 15.0 Å². The Morgan fingerprint density at radius 2 is 1.95 bits per heavy atom. The Kier molecular flexibility index (Phi) is 6.96. The fraction of sp³-hybridized carbons (Fsp3) is 0.938. The van der Waals surface area contributed by atoms with Crippen molar-refractivity contribution in [3.05, 3.63) is 0 Å². The fourth-order valence-corrected chi connectivity index (χ4v) is 3.25. The second kappa shape index (κ2) is 7.99. The highest BCUT2D eigenvalue weighted by Crippen LogP contribution is 2.22. The third kappa shape index (κ3) is 5.06. The summed E-state index contributed by atoms with van der Waals surface area (Å²) in [6.07, 6.45) is 3.19. The van der Waals surface area contributed by atoms with E-state index in [1.807, 2.05) is 20.9 Å². The van der Waals surface area contributed by atoms with Crippen molar-refractivity contribution in [3.63, 3.8) is 0 Å². The van der Waals surface area contributed by atoms with Crippen LogP contribution in [0.5, 0.6) is 0 Å². The molecule has 1 rings (SSSR count). The zero-order chi connectivity index (χ0) is 15.2. The van der Waals surface area contributed by atoms with Gasteiger partial charge in [0.05, 0.1) is 6.61 Å². The molecular formula is C16H32N2O2. The van der Waals surface area contributed by atoms with E-state index in [9.17, 15) is 4.79 Å². The second-order valence-electron chi connectivity index (χ2n) is 6.61. The number of nitrogens with zero attached hydrogens (tertiary/aromatic N) is 1. The smallest absolute Gasteiger partial charge is 0.326 e. The van der Waals surface area contributed by atoms with Crippen LogP contribution in [0.15, 0.2) is 0 Å². The molecule has 1 fully saturated rings. The molecule has 3 atom stereocenters. The molecule has 4 nitrogen and oxygen atoms in total. The van der Waals surface area contributed by atoms with E-state index < -0.39 is 5.54 Å². The molecule has 0 bridgehead atoms. The number of hydrogen-bond acceptors (Lipinski definition) is 4. The average molecular weight is 284 g/mol. The molecule has 20 heavy (non-hydrogen) atoms. The molecular weight excluding hydrogens is 252 g/mol. The van der Waals surface area contributed by atoms with Gasteiger partial charge in [0.1, 0.15) is 5.54 Å². The molecule has 0 spiro atoms. The number of nitrogens with one attached hydrogen (secondary N) is 1. The molecule has 118 valence electrons. The van der Waals surface area contributed by atoms with Crippen molar-refractivity contribution < 1.29 is 9.53 Å². The van der Waals surface area contributed by atoms with Gasteiger partial charge in [0.2, 0.25) is 0 Å². The van der Waals surface area contributed by atoms with Crippen molar-refractivity contribution in [3.8, 4) is 0 Å². The van der Waals surface area contributed by atoms with Crippen LogP contribution in [0.4, 0.5) is 0 Å². The molecule has 1 N–H and O–H groups in total. The van der Waals surface area contributed by atoms with Crippen LogP contribution in [0.2, 0.25) is 0 Å². The third-order valence-corrected chi connectivity index (χ3v) is 4.37. The lowest BCUT2D eigenvalue weighted by atomic mass is 9.91. The first-order chi connectivity index (χ1) is 9.41. The molecule has 1 saturated heterocycles. The summed E-state index contributed by atoms with van der Waals surface area (Å²) in [5, 5.41) is 3.13. The van der Waals surface area contributed by atoms with Gasteiger partial charge in [-0.1, -0.05) is 13.8 Å². The molecule has 0 aromatic rings. The molecule has 1 heterocycles. The van der Waals surface area contributed by atoms with Crippen molar-refractivity contribution in [1.82, 2.24) is 10.2 Å². The lowest BCUT2D eigenvalue weighted by Gasteiger charge is -2.35. The van der Waals surface area contributed by atoms with Gasteiger partial charge in [-0.05, 0) is 58.5 Å². The summed E-state index contributed by atoms with van der Waals surface area (Å²) >= 11 is 0. The molecule has 0 radical (unpaired) electrons. The van der Waals surface area contributed by atoms with Crippen molar-refractivity contribution in [2.45, 2.75) is 52.5 Å². The number of ether oxygens (including phenoxy) is 1. The van der Waals surface area contributed by atoms with E-state index >= 15 is 0 Å². The van der Waals surface area contributed by atoms with Gasteiger partial charge >= 0.3 is 5.97 Å². The molecule has 0 amide bonds. The summed E-state index contributed by atoms with van der Waals surface area (Å²) in [6.45, 7) is 12.4. The summed E-state index contributed by atoms with van der Waals surface area (Å²) in [7, 11) is 1.84. The Morgan fingerprint density at radius 3 is 2.45 bits per heavy atom. The van der Waals surface area contributed by atoms with E-state index in [1.165, 1.54) is 19.5 Å². The highest BCUT2D eigenvalue weighted by atomic mass is 16.5. The first-order valence-corrected chi connectivity index (χ1v) is 7.99. The Bertz CT molecular complexity index is 299. The monoisotopic (exact) mass is 284 g/mol. The molecule has 1 aliphatic rings. The van der Waals surface area contributed by atoms with Gasteiger partial charge in [-0.25, -0.2) is 0 Å². The van der Waals surface area contributed by atoms with Crippen LogP contribution < -0.4 is 5.32 Å². The summed E-state index contributed by atoms with van der Waals surface area (Å²) < 4.78 is 5.16. The predicted octanol–water partition coefficient (Wildman–Crippen LogP) is 2.29. The first kappa shape index (κ1) is 17.4. The number of hydrogen-bond donors (Lipinski definition) is 1. The van der Waals surface area contributed by atoms with E-state index in [4.69, 9.17) is 4.74 Å². The van der Waals surface area contributed by atoms with Crippen LogP contribution in [0, 0.1) is 11.8 Å². The molecule has 0 aromatic carbocycles. The standard InChI is InChI=1S/C16H32N2O2/c1-6-20-15(19)16(4,17-5)8-7-9-18-11-13(2)10-14(3)12-18/h13-14,17H,6-12H2,1-5H3. The van der Waals surface area contributed by atoms with Gasteiger partial charge in [-0.3, -0.25) is 4.79 Å². The van der Waals surface area contributed by atoms with Crippen LogP contribution in [0.25, 0.3) is 0 Å². The maximum Gasteiger partial charge on any atom is 0.326 e. The van der Waals surface area contributed by atoms with E-state index in [2.05, 4.69) is 24.1 Å². The van der Waals surface area contributed by atoms with Crippen molar-refractivity contribution in [2.75, 3.05) is 33.3 Å². The predicted molar refractivity (Wildman–Crippen MR) is 82.7 cm³/mol. The average Bonchev–Trinajstić information content (AvgIpc) is 2.37. The lowest BCUT2D eigenvalue weighted by Crippen LogP contribution is -2.49. The maximum atomic E-state index is 12.0. The van der Waals surface area contributed by atoms with Crippen LogP contribution in [0.1, 0.15) is 47.0 Å². The minimum Gasteiger partial charge on any atom is -0.465 e. The van der Waals surface area contributed by atoms with Gasteiger partial charge in [-0.2, -0.15) is 0 Å². The zero-order valence-electron chi connectivity index (χ0n) is 13.9. The largest absolute Gasteiger partial charge is 0.465 e. The highest BCUT2D eigenvalue weighted by Gasteiger charge is 2.32. The van der Waals surface area contributed by atoms with Crippen molar-refractivity contribution in [2.24, 2.45) is 11.8 Å². The van der Waals surface area contributed by atoms with Gasteiger partial charge in [0.25, 0.3) is 0 Å². The number of carbonyl (C=O) groups is 1. The van der Waals surface area contributed by atoms with E-state index in [1.54, 1.807) is 0 Å². The number of likely N-dealkylation sites (tertiary alicyclic amines) is 1. The summed E-state index contributed by atoms with van der Waals surface area (Å²) in [6, 6.07) is 0. The van der Waals surface area contributed by atoms with Gasteiger partial charge in [0, 0.05) is 13.1 Å². The number of piperidine rings is 1. The maximum absolute atomic E-state index is 12.0. The highest BCUT2D eigenvalue weighted by molar-refractivity contribution is 5.80. The minimum atomic E-state index is -0.553. The molecule has 0 aromatic heterocycles. The number of likely N-dealkylation sites (N-methyl/N-ethyl adjacent to an activating group) is 1. The summed E-state index contributed by atoms with van der Waals surface area (Å²) in [5.41, 5.74) is -0.553. The Hall–Kier alpha value is -0.610. The lowest BCUT2D eigenvalue weighted by molar-refractivity contribution is -0.150. The topological polar surface area (TPSA) is 41.6 Å². The fourth-order valence-electron chi connectivity index (χ4n) is 3.25. The summed E-state index contributed by atoms with van der Waals surface area (Å²) in [4.78, 5) is 14.5. The Morgan fingerprint density at radius 1 is 1.35 bits per heavy atom. The van der Waals surface area contributed by atoms with E-state index in [0.717, 1.165) is 31.2 Å². The molecule has 4 heteroatoms. The van der Waals surface area contributed by atoms with Crippen molar-refractivity contribution in [1.29, 1.82) is 0 Å². The number of carbonyl (C=O) groups excluding carboxylic acids is 1. The SMILES string of the molecule is CCOC(=O)C(C)(CCCN1CC(C)CC(C)C1)NC. The van der Waals surface area contributed by atoms with E-state index in [0.29, 0.717) is 6.61 Å². The Labute approximate surface area is 124 Å². The molecule has 1 aliphatic heterocycles. The quantitative estimate of drug-likeness (QED) is 0.728. The second-order valence-corrected chi connectivity index (χ2v) is 6.61. The zero-order valence-corrected chi connectivity index (χ0v) is 13.9.